The first kappa shape index (κ1) is 21.3. The van der Waals surface area contributed by atoms with Crippen molar-refractivity contribution in [2.75, 3.05) is 17.2 Å². The molecule has 0 fully saturated rings. The Balaban J connectivity index is 1.66. The van der Waals surface area contributed by atoms with Crippen LogP contribution in [-0.4, -0.2) is 33.6 Å². The van der Waals surface area contributed by atoms with E-state index in [9.17, 15) is 4.79 Å². The Morgan fingerprint density at radius 2 is 1.72 bits per heavy atom. The number of hydrogen-bond donors (Lipinski definition) is 3. The van der Waals surface area contributed by atoms with Gasteiger partial charge in [0.05, 0.1) is 0 Å². The van der Waals surface area contributed by atoms with Crippen LogP contribution in [0.4, 0.5) is 17.3 Å². The number of carbonyl (C=O) groups is 1. The maximum Gasteiger partial charge on any atom is 0.320 e. The SMILES string of the molecule is CCN(c1ccc2ccccc2c1)c1cc(N)nc(-c2ccc(C[C@H](N)C(=O)O)cc2)n1. The average molecular weight is 428 g/mol. The first-order valence-electron chi connectivity index (χ1n) is 10.4. The number of nitrogens with two attached hydrogens (primary N) is 2. The summed E-state index contributed by atoms with van der Waals surface area (Å²) in [5.41, 5.74) is 14.4. The van der Waals surface area contributed by atoms with Crippen LogP contribution in [0.15, 0.2) is 72.8 Å². The molecule has 0 amide bonds. The van der Waals surface area contributed by atoms with Gasteiger partial charge in [-0.15, -0.1) is 0 Å². The van der Waals surface area contributed by atoms with E-state index in [4.69, 9.17) is 21.6 Å². The number of nitrogen functional groups attached to an aromatic ring is 1. The lowest BCUT2D eigenvalue weighted by atomic mass is 10.0. The molecule has 0 radical (unpaired) electrons. The van der Waals surface area contributed by atoms with E-state index in [2.05, 4.69) is 47.1 Å². The summed E-state index contributed by atoms with van der Waals surface area (Å²) >= 11 is 0. The van der Waals surface area contributed by atoms with Crippen molar-refractivity contribution in [2.24, 2.45) is 5.73 Å². The van der Waals surface area contributed by atoms with Crippen molar-refractivity contribution >= 4 is 34.1 Å². The van der Waals surface area contributed by atoms with Crippen LogP contribution in [0.2, 0.25) is 0 Å². The second-order valence-electron chi connectivity index (χ2n) is 7.60. The van der Waals surface area contributed by atoms with Crippen LogP contribution >= 0.6 is 0 Å². The molecule has 0 aliphatic heterocycles. The molecule has 5 N–H and O–H groups in total. The second kappa shape index (κ2) is 9.03. The zero-order valence-electron chi connectivity index (χ0n) is 17.8. The number of carboxylic acids is 1. The topological polar surface area (TPSA) is 118 Å². The number of nitrogens with zero attached hydrogens (tertiary/aromatic N) is 3. The van der Waals surface area contributed by atoms with E-state index in [-0.39, 0.29) is 6.42 Å². The first-order chi connectivity index (χ1) is 15.4. The summed E-state index contributed by atoms with van der Waals surface area (Å²) in [4.78, 5) is 22.2. The molecule has 162 valence electrons. The molecule has 0 aliphatic carbocycles. The Hall–Kier alpha value is -3.97. The van der Waals surface area contributed by atoms with Crippen molar-refractivity contribution in [2.45, 2.75) is 19.4 Å². The third-order valence-corrected chi connectivity index (χ3v) is 5.35. The van der Waals surface area contributed by atoms with Gasteiger partial charge < -0.3 is 21.5 Å². The molecule has 0 saturated heterocycles. The third-order valence-electron chi connectivity index (χ3n) is 5.35. The van der Waals surface area contributed by atoms with Crippen LogP contribution in [0.25, 0.3) is 22.2 Å². The van der Waals surface area contributed by atoms with Gasteiger partial charge in [-0.1, -0.05) is 54.6 Å². The van der Waals surface area contributed by atoms with E-state index >= 15 is 0 Å². The van der Waals surface area contributed by atoms with Gasteiger partial charge in [-0.25, -0.2) is 9.97 Å². The number of carboxylic acid groups (broad SMARTS) is 1. The smallest absolute Gasteiger partial charge is 0.320 e. The van der Waals surface area contributed by atoms with Crippen molar-refractivity contribution in [1.82, 2.24) is 9.97 Å². The summed E-state index contributed by atoms with van der Waals surface area (Å²) in [5, 5.41) is 11.3. The molecule has 7 nitrogen and oxygen atoms in total. The van der Waals surface area contributed by atoms with Gasteiger partial charge in [0.1, 0.15) is 17.7 Å². The lowest BCUT2D eigenvalue weighted by Gasteiger charge is -2.23. The molecule has 4 rings (SSSR count). The Morgan fingerprint density at radius 1 is 1.00 bits per heavy atom. The van der Waals surface area contributed by atoms with Gasteiger partial charge in [0.2, 0.25) is 0 Å². The zero-order valence-corrected chi connectivity index (χ0v) is 17.8. The summed E-state index contributed by atoms with van der Waals surface area (Å²) < 4.78 is 0. The molecule has 0 saturated carbocycles. The minimum absolute atomic E-state index is 0.254. The van der Waals surface area contributed by atoms with E-state index in [1.165, 1.54) is 5.39 Å². The molecule has 7 heteroatoms. The molecule has 0 bridgehead atoms. The highest BCUT2D eigenvalue weighted by Gasteiger charge is 2.15. The fourth-order valence-electron chi connectivity index (χ4n) is 3.67. The van der Waals surface area contributed by atoms with E-state index < -0.39 is 12.0 Å². The Bertz CT molecular complexity index is 1260. The maximum absolute atomic E-state index is 11.0. The molecule has 0 aliphatic rings. The zero-order chi connectivity index (χ0) is 22.7. The van der Waals surface area contributed by atoms with E-state index in [1.54, 1.807) is 6.07 Å². The van der Waals surface area contributed by atoms with Crippen molar-refractivity contribution in [1.29, 1.82) is 0 Å². The highest BCUT2D eigenvalue weighted by atomic mass is 16.4. The summed E-state index contributed by atoms with van der Waals surface area (Å²) in [5.74, 6) is 0.572. The summed E-state index contributed by atoms with van der Waals surface area (Å²) in [6, 6.07) is 22.8. The highest BCUT2D eigenvalue weighted by Crippen LogP contribution is 2.29. The molecule has 0 spiro atoms. The highest BCUT2D eigenvalue weighted by molar-refractivity contribution is 5.87. The number of rotatable bonds is 7. The summed E-state index contributed by atoms with van der Waals surface area (Å²) in [7, 11) is 0. The van der Waals surface area contributed by atoms with Gasteiger partial charge in [0, 0.05) is 23.9 Å². The van der Waals surface area contributed by atoms with Crippen molar-refractivity contribution in [3.8, 4) is 11.4 Å². The quantitative estimate of drug-likeness (QED) is 0.408. The van der Waals surface area contributed by atoms with Crippen LogP contribution in [0, 0.1) is 0 Å². The van der Waals surface area contributed by atoms with Crippen molar-refractivity contribution in [3.05, 3.63) is 78.4 Å². The predicted molar refractivity (Wildman–Crippen MR) is 128 cm³/mol. The Labute approximate surface area is 186 Å². The molecule has 1 atom stereocenters. The summed E-state index contributed by atoms with van der Waals surface area (Å²) in [6.07, 6.45) is 0.254. The van der Waals surface area contributed by atoms with Crippen LogP contribution < -0.4 is 16.4 Å². The molecule has 3 aromatic carbocycles. The third kappa shape index (κ3) is 4.53. The molecular formula is C25H25N5O2. The van der Waals surface area contributed by atoms with Gasteiger partial charge in [-0.3, -0.25) is 4.79 Å². The maximum atomic E-state index is 11.0. The normalized spacial score (nSPS) is 11.9. The molecule has 1 heterocycles. The van der Waals surface area contributed by atoms with Gasteiger partial charge in [0.25, 0.3) is 0 Å². The van der Waals surface area contributed by atoms with Crippen molar-refractivity contribution < 1.29 is 9.90 Å². The minimum Gasteiger partial charge on any atom is -0.480 e. The minimum atomic E-state index is -1.02. The lowest BCUT2D eigenvalue weighted by Crippen LogP contribution is -2.32. The fourth-order valence-corrected chi connectivity index (χ4v) is 3.67. The summed E-state index contributed by atoms with van der Waals surface area (Å²) in [6.45, 7) is 2.77. The fraction of sp³-hybridized carbons (Fsp3) is 0.160. The number of aliphatic carboxylic acids is 1. The van der Waals surface area contributed by atoms with E-state index in [0.29, 0.717) is 24.0 Å². The number of anilines is 3. The molecule has 0 unspecified atom stereocenters. The van der Waals surface area contributed by atoms with Crippen LogP contribution in [0.1, 0.15) is 12.5 Å². The largest absolute Gasteiger partial charge is 0.480 e. The number of benzene rings is 3. The number of fused-ring (bicyclic) bond motifs is 1. The monoisotopic (exact) mass is 427 g/mol. The lowest BCUT2D eigenvalue weighted by molar-refractivity contribution is -0.138. The molecular weight excluding hydrogens is 402 g/mol. The molecule has 4 aromatic rings. The Morgan fingerprint density at radius 3 is 2.41 bits per heavy atom. The molecule has 32 heavy (non-hydrogen) atoms. The number of aromatic nitrogens is 2. The van der Waals surface area contributed by atoms with Gasteiger partial charge in [0.15, 0.2) is 5.82 Å². The molecule has 1 aromatic heterocycles. The van der Waals surface area contributed by atoms with Crippen molar-refractivity contribution in [3.63, 3.8) is 0 Å². The van der Waals surface area contributed by atoms with Crippen LogP contribution in [-0.2, 0) is 11.2 Å². The first-order valence-corrected chi connectivity index (χ1v) is 10.4. The Kier molecular flexibility index (Phi) is 6.00. The van der Waals surface area contributed by atoms with Crippen LogP contribution in [0.3, 0.4) is 0 Å². The van der Waals surface area contributed by atoms with E-state index in [1.807, 2.05) is 36.4 Å². The van der Waals surface area contributed by atoms with Gasteiger partial charge in [-0.2, -0.15) is 0 Å². The van der Waals surface area contributed by atoms with E-state index in [0.717, 1.165) is 22.2 Å². The predicted octanol–water partition coefficient (Wildman–Crippen LogP) is 3.99. The second-order valence-corrected chi connectivity index (χ2v) is 7.60. The number of hydrogen-bond acceptors (Lipinski definition) is 6. The average Bonchev–Trinajstić information content (AvgIpc) is 2.79. The standard InChI is InChI=1S/C25H25N5O2/c1-2-30(20-12-11-17-5-3-4-6-19(17)14-20)23-15-22(27)28-24(29-23)18-9-7-16(8-10-18)13-21(26)25(31)32/h3-12,14-15,21H,2,13,26H2,1H3,(H,31,32)(H2,27,28,29)/t21-/m0/s1. The van der Waals surface area contributed by atoms with Gasteiger partial charge >= 0.3 is 5.97 Å². The van der Waals surface area contributed by atoms with Gasteiger partial charge in [-0.05, 0) is 41.8 Å². The van der Waals surface area contributed by atoms with Crippen LogP contribution in [0.5, 0.6) is 0 Å².